The highest BCUT2D eigenvalue weighted by molar-refractivity contribution is 7.18. The third kappa shape index (κ3) is 4.99. The maximum Gasteiger partial charge on any atom is 0.265 e. The molecule has 1 saturated heterocycles. The number of hydrogen-bond acceptors (Lipinski definition) is 5. The maximum absolute atomic E-state index is 12.8. The molecule has 1 aliphatic rings. The monoisotopic (exact) mass is 469 g/mol. The Labute approximate surface area is 193 Å². The van der Waals surface area contributed by atoms with Crippen LogP contribution in [-0.2, 0) is 9.53 Å². The molecule has 2 aromatic carbocycles. The number of hydrogen-bond donors (Lipinski definition) is 2. The van der Waals surface area contributed by atoms with E-state index in [-0.39, 0.29) is 24.3 Å². The van der Waals surface area contributed by atoms with Crippen LogP contribution in [0.15, 0.2) is 54.6 Å². The Morgan fingerprint density at radius 2 is 1.81 bits per heavy atom. The van der Waals surface area contributed by atoms with E-state index in [9.17, 15) is 14.4 Å². The predicted molar refractivity (Wildman–Crippen MR) is 126 cm³/mol. The number of amides is 3. The highest BCUT2D eigenvalue weighted by Crippen LogP contribution is 2.25. The van der Waals surface area contributed by atoms with E-state index in [1.54, 1.807) is 59.5 Å². The molecule has 2 heterocycles. The zero-order valence-corrected chi connectivity index (χ0v) is 18.8. The number of halogens is 1. The molecule has 3 aromatic rings. The predicted octanol–water partition coefficient (Wildman–Crippen LogP) is 4.58. The largest absolute Gasteiger partial charge is 0.370 e. The number of nitrogens with zero attached hydrogens (tertiary/aromatic N) is 1. The van der Waals surface area contributed by atoms with Gasteiger partial charge in [0, 0.05) is 29.2 Å². The summed E-state index contributed by atoms with van der Waals surface area (Å²) >= 11 is 7.09. The minimum Gasteiger partial charge on any atom is -0.370 e. The van der Waals surface area contributed by atoms with Crippen molar-refractivity contribution in [3.05, 3.63) is 74.9 Å². The molecule has 1 fully saturated rings. The van der Waals surface area contributed by atoms with Gasteiger partial charge < -0.3 is 20.3 Å². The van der Waals surface area contributed by atoms with Gasteiger partial charge in [-0.3, -0.25) is 14.4 Å². The SMILES string of the molecule is Cc1ccc(C(=O)Nc2ccc(N3CCOCC3=O)cc2)cc1NC(=O)c1ccc(Cl)s1. The average Bonchev–Trinajstić information content (AvgIpc) is 3.23. The topological polar surface area (TPSA) is 87.7 Å². The Morgan fingerprint density at radius 3 is 2.50 bits per heavy atom. The number of carbonyl (C=O) groups excluding carboxylic acids is 3. The number of morpholine rings is 1. The lowest BCUT2D eigenvalue weighted by Crippen LogP contribution is -2.41. The number of anilines is 3. The van der Waals surface area contributed by atoms with Gasteiger partial charge in [0.05, 0.1) is 15.8 Å². The Morgan fingerprint density at radius 1 is 1.03 bits per heavy atom. The van der Waals surface area contributed by atoms with Crippen molar-refractivity contribution in [2.75, 3.05) is 35.3 Å². The lowest BCUT2D eigenvalue weighted by atomic mass is 10.1. The van der Waals surface area contributed by atoms with Gasteiger partial charge in [0.25, 0.3) is 17.7 Å². The van der Waals surface area contributed by atoms with Gasteiger partial charge in [0.15, 0.2) is 0 Å². The molecular formula is C23H20ClN3O4S. The Balaban J connectivity index is 1.44. The zero-order chi connectivity index (χ0) is 22.7. The van der Waals surface area contributed by atoms with E-state index in [1.807, 2.05) is 6.92 Å². The number of rotatable bonds is 5. The molecule has 7 nitrogen and oxygen atoms in total. The molecule has 0 radical (unpaired) electrons. The number of ether oxygens (including phenoxy) is 1. The van der Waals surface area contributed by atoms with Gasteiger partial charge in [-0.15, -0.1) is 11.3 Å². The van der Waals surface area contributed by atoms with Gasteiger partial charge >= 0.3 is 0 Å². The Hall–Kier alpha value is -3.20. The molecule has 1 aromatic heterocycles. The second kappa shape index (κ2) is 9.52. The fourth-order valence-electron chi connectivity index (χ4n) is 3.24. The number of carbonyl (C=O) groups is 3. The number of thiophene rings is 1. The lowest BCUT2D eigenvalue weighted by molar-refractivity contribution is -0.125. The number of benzene rings is 2. The van der Waals surface area contributed by atoms with E-state index in [2.05, 4.69) is 10.6 Å². The normalized spacial score (nSPS) is 13.7. The van der Waals surface area contributed by atoms with Crippen molar-refractivity contribution in [2.24, 2.45) is 0 Å². The first-order chi connectivity index (χ1) is 15.4. The van der Waals surface area contributed by atoms with Crippen molar-refractivity contribution in [2.45, 2.75) is 6.92 Å². The highest BCUT2D eigenvalue weighted by Gasteiger charge is 2.20. The third-order valence-electron chi connectivity index (χ3n) is 4.97. The van der Waals surface area contributed by atoms with Crippen LogP contribution >= 0.6 is 22.9 Å². The minimum absolute atomic E-state index is 0.0737. The lowest BCUT2D eigenvalue weighted by Gasteiger charge is -2.26. The Kier molecular flexibility index (Phi) is 6.55. The van der Waals surface area contributed by atoms with Crippen molar-refractivity contribution in [1.82, 2.24) is 0 Å². The molecule has 1 aliphatic heterocycles. The molecule has 0 bridgehead atoms. The van der Waals surface area contributed by atoms with Gasteiger partial charge in [-0.2, -0.15) is 0 Å². The van der Waals surface area contributed by atoms with E-state index in [0.717, 1.165) is 11.3 Å². The summed E-state index contributed by atoms with van der Waals surface area (Å²) in [5.41, 5.74) is 3.14. The number of nitrogens with one attached hydrogen (secondary N) is 2. The molecule has 0 aliphatic carbocycles. The van der Waals surface area contributed by atoms with Gasteiger partial charge in [-0.1, -0.05) is 17.7 Å². The van der Waals surface area contributed by atoms with Crippen molar-refractivity contribution in [1.29, 1.82) is 0 Å². The Bertz CT molecular complexity index is 1180. The van der Waals surface area contributed by atoms with Crippen molar-refractivity contribution >= 4 is 57.7 Å². The first-order valence-electron chi connectivity index (χ1n) is 9.87. The van der Waals surface area contributed by atoms with Crippen LogP contribution < -0.4 is 15.5 Å². The molecule has 3 amide bonds. The van der Waals surface area contributed by atoms with Crippen LogP contribution in [0.1, 0.15) is 25.6 Å². The second-order valence-electron chi connectivity index (χ2n) is 7.19. The summed E-state index contributed by atoms with van der Waals surface area (Å²) in [7, 11) is 0. The van der Waals surface area contributed by atoms with Crippen LogP contribution in [0.5, 0.6) is 0 Å². The molecule has 32 heavy (non-hydrogen) atoms. The fourth-order valence-corrected chi connectivity index (χ4v) is 4.18. The molecule has 0 atom stereocenters. The first kappa shape index (κ1) is 22.0. The van der Waals surface area contributed by atoms with Gasteiger partial charge in [0.2, 0.25) is 0 Å². The van der Waals surface area contributed by atoms with Gasteiger partial charge in [-0.25, -0.2) is 0 Å². The molecular weight excluding hydrogens is 450 g/mol. The quantitative estimate of drug-likeness (QED) is 0.572. The van der Waals surface area contributed by atoms with E-state index in [4.69, 9.17) is 16.3 Å². The summed E-state index contributed by atoms with van der Waals surface area (Å²) in [5.74, 6) is -0.683. The minimum atomic E-state index is -0.310. The van der Waals surface area contributed by atoms with Crippen LogP contribution in [0.2, 0.25) is 4.34 Å². The summed E-state index contributed by atoms with van der Waals surface area (Å²) in [6, 6.07) is 15.5. The van der Waals surface area contributed by atoms with Crippen molar-refractivity contribution in [3.63, 3.8) is 0 Å². The summed E-state index contributed by atoms with van der Waals surface area (Å²) in [5, 5.41) is 5.67. The maximum atomic E-state index is 12.8. The summed E-state index contributed by atoms with van der Waals surface area (Å²) in [6.07, 6.45) is 0. The molecule has 9 heteroatoms. The first-order valence-corrected chi connectivity index (χ1v) is 11.1. The number of aryl methyl sites for hydroxylation is 1. The van der Waals surface area contributed by atoms with Gasteiger partial charge in [-0.05, 0) is 61.0 Å². The summed E-state index contributed by atoms with van der Waals surface area (Å²) < 4.78 is 5.68. The summed E-state index contributed by atoms with van der Waals surface area (Å²) in [6.45, 7) is 2.92. The molecule has 0 spiro atoms. The molecule has 2 N–H and O–H groups in total. The second-order valence-corrected chi connectivity index (χ2v) is 8.90. The molecule has 4 rings (SSSR count). The zero-order valence-electron chi connectivity index (χ0n) is 17.2. The van der Waals surface area contributed by atoms with Crippen LogP contribution in [-0.4, -0.2) is 37.5 Å². The van der Waals surface area contributed by atoms with E-state index in [1.165, 1.54) is 11.3 Å². The highest BCUT2D eigenvalue weighted by atomic mass is 35.5. The molecule has 0 unspecified atom stereocenters. The van der Waals surface area contributed by atoms with E-state index >= 15 is 0 Å². The average molecular weight is 470 g/mol. The fraction of sp³-hybridized carbons (Fsp3) is 0.174. The van der Waals surface area contributed by atoms with Gasteiger partial charge in [0.1, 0.15) is 6.61 Å². The van der Waals surface area contributed by atoms with Crippen LogP contribution in [0.4, 0.5) is 17.1 Å². The molecule has 0 saturated carbocycles. The standard InChI is InChI=1S/C23H20ClN3O4S/c1-14-2-3-15(12-18(14)26-23(30)19-8-9-20(24)32-19)22(29)25-16-4-6-17(7-5-16)27-10-11-31-13-21(27)28/h2-9,12H,10-11,13H2,1H3,(H,25,29)(H,26,30). The van der Waals surface area contributed by atoms with E-state index in [0.29, 0.717) is 39.3 Å². The van der Waals surface area contributed by atoms with Crippen molar-refractivity contribution < 1.29 is 19.1 Å². The smallest absolute Gasteiger partial charge is 0.265 e. The third-order valence-corrected chi connectivity index (χ3v) is 6.20. The van der Waals surface area contributed by atoms with Crippen LogP contribution in [0.25, 0.3) is 0 Å². The van der Waals surface area contributed by atoms with Crippen LogP contribution in [0.3, 0.4) is 0 Å². The van der Waals surface area contributed by atoms with E-state index < -0.39 is 0 Å². The van der Waals surface area contributed by atoms with Crippen molar-refractivity contribution in [3.8, 4) is 0 Å². The van der Waals surface area contributed by atoms with Crippen LogP contribution in [0, 0.1) is 6.92 Å². The molecule has 164 valence electrons. The summed E-state index contributed by atoms with van der Waals surface area (Å²) in [4.78, 5) is 39.3.